The molecule has 0 radical (unpaired) electrons. The number of aryl methyl sites for hydroxylation is 1. The molecule has 4 heteroatoms. The van der Waals surface area contributed by atoms with Gasteiger partial charge in [0.1, 0.15) is 0 Å². The quantitative estimate of drug-likeness (QED) is 0.367. The maximum absolute atomic E-state index is 12.4. The van der Waals surface area contributed by atoms with Crippen LogP contribution < -0.4 is 0 Å². The van der Waals surface area contributed by atoms with Gasteiger partial charge < -0.3 is 10.2 Å². The Balaban J connectivity index is 2.17. The number of hydrogen-bond acceptors (Lipinski definition) is 2. The van der Waals surface area contributed by atoms with Crippen molar-refractivity contribution in [1.82, 2.24) is 0 Å². The summed E-state index contributed by atoms with van der Waals surface area (Å²) in [5.41, 5.74) is 6.98. The first-order valence-corrected chi connectivity index (χ1v) is 12.6. The van der Waals surface area contributed by atoms with E-state index < -0.39 is 11.9 Å². The van der Waals surface area contributed by atoms with Gasteiger partial charge in [0.15, 0.2) is 0 Å². The smallest absolute Gasteiger partial charge is 0.336 e. The molecule has 0 amide bonds. The van der Waals surface area contributed by atoms with Crippen LogP contribution in [0.25, 0.3) is 22.3 Å². The molecule has 182 valence electrons. The lowest BCUT2D eigenvalue weighted by Crippen LogP contribution is -2.14. The van der Waals surface area contributed by atoms with Crippen LogP contribution in [0.5, 0.6) is 0 Å². The minimum atomic E-state index is -0.983. The molecule has 1 saturated carbocycles. The summed E-state index contributed by atoms with van der Waals surface area (Å²) in [6.07, 6.45) is 6.56. The number of carbonyl (C=O) groups is 2. The van der Waals surface area contributed by atoms with Crippen LogP contribution in [0.15, 0.2) is 54.6 Å². The lowest BCUT2D eigenvalue weighted by atomic mass is 9.73. The molecule has 0 spiro atoms. The highest BCUT2D eigenvalue weighted by atomic mass is 16.4. The van der Waals surface area contributed by atoms with Crippen molar-refractivity contribution < 1.29 is 19.8 Å². The van der Waals surface area contributed by atoms with Crippen LogP contribution >= 0.6 is 0 Å². The molecule has 0 unspecified atom stereocenters. The summed E-state index contributed by atoms with van der Waals surface area (Å²) in [6, 6.07) is 16.5. The van der Waals surface area contributed by atoms with Gasteiger partial charge in [-0.2, -0.15) is 0 Å². The molecule has 0 saturated heterocycles. The first kappa shape index (κ1) is 24.7. The lowest BCUT2D eigenvalue weighted by molar-refractivity contribution is 0.0686. The lowest BCUT2D eigenvalue weighted by Gasteiger charge is -2.31. The molecular formula is C31H34O4. The molecule has 0 aliphatic heterocycles. The minimum Gasteiger partial charge on any atom is -0.478 e. The molecule has 4 rings (SSSR count). The van der Waals surface area contributed by atoms with Crippen molar-refractivity contribution in [2.75, 3.05) is 0 Å². The number of aromatic carboxylic acids is 2. The van der Waals surface area contributed by atoms with E-state index in [1.165, 1.54) is 17.5 Å². The Hall–Kier alpha value is -3.40. The zero-order chi connectivity index (χ0) is 25.1. The highest BCUT2D eigenvalue weighted by molar-refractivity contribution is 6.04. The Morgan fingerprint density at radius 3 is 1.86 bits per heavy atom. The molecule has 0 aromatic heterocycles. The van der Waals surface area contributed by atoms with Crippen LogP contribution in [0, 0.1) is 12.8 Å². The highest BCUT2D eigenvalue weighted by Gasteiger charge is 2.29. The predicted octanol–water partition coefficient (Wildman–Crippen LogP) is 7.97. The van der Waals surface area contributed by atoms with E-state index in [0.717, 1.165) is 48.8 Å². The second-order valence-electron chi connectivity index (χ2n) is 10.2. The van der Waals surface area contributed by atoms with Gasteiger partial charge in [-0.05, 0) is 89.1 Å². The monoisotopic (exact) mass is 470 g/mol. The van der Waals surface area contributed by atoms with Gasteiger partial charge in [-0.15, -0.1) is 0 Å². The van der Waals surface area contributed by atoms with Gasteiger partial charge in [0.2, 0.25) is 0 Å². The molecule has 1 aliphatic carbocycles. The highest BCUT2D eigenvalue weighted by Crippen LogP contribution is 2.48. The van der Waals surface area contributed by atoms with Crippen molar-refractivity contribution >= 4 is 11.9 Å². The van der Waals surface area contributed by atoms with E-state index in [2.05, 4.69) is 19.9 Å². The predicted molar refractivity (Wildman–Crippen MR) is 140 cm³/mol. The van der Waals surface area contributed by atoms with Crippen molar-refractivity contribution in [2.24, 2.45) is 5.92 Å². The first-order chi connectivity index (χ1) is 16.8. The van der Waals surface area contributed by atoms with Crippen molar-refractivity contribution in [1.29, 1.82) is 0 Å². The molecule has 35 heavy (non-hydrogen) atoms. The van der Waals surface area contributed by atoms with Crippen molar-refractivity contribution in [3.05, 3.63) is 82.4 Å². The first-order valence-electron chi connectivity index (χ1n) is 12.6. The van der Waals surface area contributed by atoms with Gasteiger partial charge in [0.25, 0.3) is 0 Å². The molecular weight excluding hydrogens is 436 g/mol. The molecule has 0 bridgehead atoms. The molecule has 0 atom stereocenters. The summed E-state index contributed by atoms with van der Waals surface area (Å²) in [6.45, 7) is 6.44. The SMILES string of the molecule is Cc1cc(CC(C)C)c(C2CCCCC2)c(-c2ccccc2C(=O)O)c1-c1ccccc1C(=O)O. The second kappa shape index (κ2) is 10.5. The van der Waals surface area contributed by atoms with Crippen LogP contribution in [0.4, 0.5) is 0 Å². The van der Waals surface area contributed by atoms with Crippen molar-refractivity contribution in [2.45, 2.75) is 65.2 Å². The zero-order valence-electron chi connectivity index (χ0n) is 20.8. The van der Waals surface area contributed by atoms with Gasteiger partial charge in [0, 0.05) is 0 Å². The van der Waals surface area contributed by atoms with Gasteiger partial charge in [-0.25, -0.2) is 9.59 Å². The summed E-state index contributed by atoms with van der Waals surface area (Å²) in [4.78, 5) is 24.6. The Morgan fingerprint density at radius 2 is 1.34 bits per heavy atom. The van der Waals surface area contributed by atoms with Crippen LogP contribution in [0.3, 0.4) is 0 Å². The maximum atomic E-state index is 12.4. The van der Waals surface area contributed by atoms with Gasteiger partial charge in [-0.1, -0.05) is 75.6 Å². The van der Waals surface area contributed by atoms with Gasteiger partial charge >= 0.3 is 11.9 Å². The maximum Gasteiger partial charge on any atom is 0.336 e. The average molecular weight is 471 g/mol. The van der Waals surface area contributed by atoms with E-state index in [-0.39, 0.29) is 11.1 Å². The van der Waals surface area contributed by atoms with Gasteiger partial charge in [-0.3, -0.25) is 0 Å². The second-order valence-corrected chi connectivity index (χ2v) is 10.2. The molecule has 2 N–H and O–H groups in total. The van der Waals surface area contributed by atoms with E-state index >= 15 is 0 Å². The largest absolute Gasteiger partial charge is 0.478 e. The summed E-state index contributed by atoms with van der Waals surface area (Å²) in [5.74, 6) is -1.19. The Bertz CT molecular complexity index is 1250. The van der Waals surface area contributed by atoms with Crippen LogP contribution in [0.1, 0.15) is 89.3 Å². The number of benzene rings is 3. The van der Waals surface area contributed by atoms with E-state index in [9.17, 15) is 19.8 Å². The van der Waals surface area contributed by atoms with E-state index in [0.29, 0.717) is 23.0 Å². The number of carboxylic acids is 2. The number of carboxylic acid groups (broad SMARTS) is 2. The molecule has 3 aromatic rings. The summed E-state index contributed by atoms with van der Waals surface area (Å²) in [5, 5.41) is 20.1. The van der Waals surface area contributed by atoms with E-state index in [1.54, 1.807) is 24.3 Å². The molecule has 1 fully saturated rings. The molecule has 3 aromatic carbocycles. The van der Waals surface area contributed by atoms with Crippen molar-refractivity contribution in [3.63, 3.8) is 0 Å². The summed E-state index contributed by atoms with van der Waals surface area (Å²) >= 11 is 0. The Labute approximate surface area is 207 Å². The fourth-order valence-corrected chi connectivity index (χ4v) is 5.77. The van der Waals surface area contributed by atoms with Crippen LogP contribution in [0.2, 0.25) is 0 Å². The summed E-state index contributed by atoms with van der Waals surface area (Å²) < 4.78 is 0. The van der Waals surface area contributed by atoms with Crippen molar-refractivity contribution in [3.8, 4) is 22.3 Å². The Morgan fingerprint density at radius 1 is 0.829 bits per heavy atom. The molecule has 4 nitrogen and oxygen atoms in total. The fraction of sp³-hybridized carbons (Fsp3) is 0.355. The fourth-order valence-electron chi connectivity index (χ4n) is 5.77. The third-order valence-corrected chi connectivity index (χ3v) is 7.15. The normalized spacial score (nSPS) is 14.3. The van der Waals surface area contributed by atoms with Crippen LogP contribution in [-0.4, -0.2) is 22.2 Å². The zero-order valence-corrected chi connectivity index (χ0v) is 20.8. The molecule has 0 heterocycles. The minimum absolute atomic E-state index is 0.232. The average Bonchev–Trinajstić information content (AvgIpc) is 2.83. The van der Waals surface area contributed by atoms with E-state index in [1.807, 2.05) is 31.2 Å². The third-order valence-electron chi connectivity index (χ3n) is 7.15. The Kier molecular flexibility index (Phi) is 7.39. The third kappa shape index (κ3) is 5.02. The summed E-state index contributed by atoms with van der Waals surface area (Å²) in [7, 11) is 0. The van der Waals surface area contributed by atoms with Crippen LogP contribution in [-0.2, 0) is 6.42 Å². The number of rotatable bonds is 7. The molecule has 1 aliphatic rings. The van der Waals surface area contributed by atoms with E-state index in [4.69, 9.17) is 0 Å². The topological polar surface area (TPSA) is 74.6 Å². The standard InChI is InChI=1S/C31H34O4/c1-19(2)17-22-18-20(3)27(23-13-7-9-15-25(23)30(32)33)29(28(22)21-11-5-4-6-12-21)24-14-8-10-16-26(24)31(34)35/h7-10,13-16,18-19,21H,4-6,11-12,17H2,1-3H3,(H,32,33)(H,34,35). The number of hydrogen-bond donors (Lipinski definition) is 2. The van der Waals surface area contributed by atoms with Gasteiger partial charge in [0.05, 0.1) is 11.1 Å².